The number of benzene rings is 1. The van der Waals surface area contributed by atoms with E-state index in [2.05, 4.69) is 17.1 Å². The third kappa shape index (κ3) is 3.41. The molecule has 1 saturated heterocycles. The summed E-state index contributed by atoms with van der Waals surface area (Å²) in [5.74, 6) is 0.0520. The molecule has 2 rings (SSSR count). The van der Waals surface area contributed by atoms with Gasteiger partial charge in [0.05, 0.1) is 0 Å². The van der Waals surface area contributed by atoms with E-state index < -0.39 is 0 Å². The van der Waals surface area contributed by atoms with Crippen molar-refractivity contribution in [3.8, 4) is 5.75 Å². The quantitative estimate of drug-likeness (QED) is 0.860. The standard InChI is InChI=1S/C13H19FN2O/c1-11-10-15-6-7-16(11)8-9-17-13-5-3-2-4-12(13)14/h2-5,11,15H,6-10H2,1H3/t11-/m0/s1. The molecule has 1 aromatic carbocycles. The summed E-state index contributed by atoms with van der Waals surface area (Å²) in [6, 6.07) is 7.05. The van der Waals surface area contributed by atoms with Crippen LogP contribution in [0.3, 0.4) is 0 Å². The molecule has 0 unspecified atom stereocenters. The summed E-state index contributed by atoms with van der Waals surface area (Å²) in [6.45, 7) is 6.63. The van der Waals surface area contributed by atoms with Crippen LogP contribution in [0, 0.1) is 5.82 Å². The number of nitrogens with one attached hydrogen (secondary N) is 1. The molecule has 17 heavy (non-hydrogen) atoms. The Labute approximate surface area is 102 Å². The van der Waals surface area contributed by atoms with Gasteiger partial charge in [-0.25, -0.2) is 4.39 Å². The summed E-state index contributed by atoms with van der Waals surface area (Å²) in [5.41, 5.74) is 0. The zero-order chi connectivity index (χ0) is 12.1. The Balaban J connectivity index is 1.77. The van der Waals surface area contributed by atoms with E-state index in [0.717, 1.165) is 26.2 Å². The van der Waals surface area contributed by atoms with Gasteiger partial charge in [-0.05, 0) is 19.1 Å². The van der Waals surface area contributed by atoms with Crippen molar-refractivity contribution in [3.05, 3.63) is 30.1 Å². The summed E-state index contributed by atoms with van der Waals surface area (Å²) in [6.07, 6.45) is 0. The van der Waals surface area contributed by atoms with Gasteiger partial charge in [0, 0.05) is 32.2 Å². The van der Waals surface area contributed by atoms with Crippen LogP contribution in [-0.2, 0) is 0 Å². The Hall–Kier alpha value is -1.13. The molecular formula is C13H19FN2O. The number of nitrogens with zero attached hydrogens (tertiary/aromatic N) is 1. The number of piperazine rings is 1. The van der Waals surface area contributed by atoms with Crippen molar-refractivity contribution >= 4 is 0 Å². The molecule has 0 aromatic heterocycles. The maximum Gasteiger partial charge on any atom is 0.165 e. The van der Waals surface area contributed by atoms with E-state index in [1.807, 2.05) is 0 Å². The average molecular weight is 238 g/mol. The number of halogens is 1. The lowest BCUT2D eigenvalue weighted by atomic mass is 10.2. The van der Waals surface area contributed by atoms with Gasteiger partial charge in [-0.3, -0.25) is 4.90 Å². The van der Waals surface area contributed by atoms with E-state index in [1.54, 1.807) is 18.2 Å². The van der Waals surface area contributed by atoms with Crippen LogP contribution in [-0.4, -0.2) is 43.7 Å². The first-order valence-corrected chi connectivity index (χ1v) is 6.09. The van der Waals surface area contributed by atoms with E-state index in [9.17, 15) is 4.39 Å². The lowest BCUT2D eigenvalue weighted by Gasteiger charge is -2.33. The van der Waals surface area contributed by atoms with Crippen LogP contribution in [0.25, 0.3) is 0 Å². The summed E-state index contributed by atoms with van der Waals surface area (Å²) in [4.78, 5) is 2.36. The number of hydrogen-bond acceptors (Lipinski definition) is 3. The number of ether oxygens (including phenoxy) is 1. The second-order valence-corrected chi connectivity index (χ2v) is 4.37. The molecule has 4 heteroatoms. The van der Waals surface area contributed by atoms with Gasteiger partial charge >= 0.3 is 0 Å². The summed E-state index contributed by atoms with van der Waals surface area (Å²) >= 11 is 0. The zero-order valence-electron chi connectivity index (χ0n) is 10.2. The predicted octanol–water partition coefficient (Wildman–Crippen LogP) is 1.50. The molecule has 94 valence electrons. The fourth-order valence-corrected chi connectivity index (χ4v) is 2.05. The fourth-order valence-electron chi connectivity index (χ4n) is 2.05. The molecule has 0 radical (unpaired) electrons. The Bertz CT molecular complexity index is 359. The summed E-state index contributed by atoms with van der Waals surface area (Å²) in [5, 5.41) is 3.34. The molecule has 0 bridgehead atoms. The van der Waals surface area contributed by atoms with Crippen molar-refractivity contribution in [1.29, 1.82) is 0 Å². The first-order chi connectivity index (χ1) is 8.27. The van der Waals surface area contributed by atoms with Crippen molar-refractivity contribution in [2.45, 2.75) is 13.0 Å². The third-order valence-corrected chi connectivity index (χ3v) is 3.11. The monoisotopic (exact) mass is 238 g/mol. The molecule has 0 amide bonds. The van der Waals surface area contributed by atoms with Crippen molar-refractivity contribution in [1.82, 2.24) is 10.2 Å². The normalized spacial score (nSPS) is 21.4. The van der Waals surface area contributed by atoms with E-state index in [-0.39, 0.29) is 5.82 Å². The van der Waals surface area contributed by atoms with Gasteiger partial charge in [-0.2, -0.15) is 0 Å². The molecule has 1 heterocycles. The first-order valence-electron chi connectivity index (χ1n) is 6.09. The van der Waals surface area contributed by atoms with Crippen LogP contribution in [0.2, 0.25) is 0 Å². The molecule has 0 aliphatic carbocycles. The topological polar surface area (TPSA) is 24.5 Å². The van der Waals surface area contributed by atoms with Gasteiger partial charge in [-0.1, -0.05) is 12.1 Å². The van der Waals surface area contributed by atoms with Crippen molar-refractivity contribution < 1.29 is 9.13 Å². The van der Waals surface area contributed by atoms with Gasteiger partial charge in [-0.15, -0.1) is 0 Å². The van der Waals surface area contributed by atoms with E-state index in [0.29, 0.717) is 18.4 Å². The highest BCUT2D eigenvalue weighted by Crippen LogP contribution is 2.15. The Morgan fingerprint density at radius 3 is 3.06 bits per heavy atom. The van der Waals surface area contributed by atoms with Gasteiger partial charge in [0.1, 0.15) is 6.61 Å². The minimum absolute atomic E-state index is 0.291. The lowest BCUT2D eigenvalue weighted by Crippen LogP contribution is -2.50. The highest BCUT2D eigenvalue weighted by molar-refractivity contribution is 5.23. The highest BCUT2D eigenvalue weighted by Gasteiger charge is 2.17. The number of hydrogen-bond donors (Lipinski definition) is 1. The molecule has 1 N–H and O–H groups in total. The molecule has 1 aromatic rings. The summed E-state index contributed by atoms with van der Waals surface area (Å²) < 4.78 is 18.7. The Morgan fingerprint density at radius 2 is 2.29 bits per heavy atom. The van der Waals surface area contributed by atoms with Crippen LogP contribution in [0.4, 0.5) is 4.39 Å². The van der Waals surface area contributed by atoms with E-state index in [4.69, 9.17) is 4.74 Å². The van der Waals surface area contributed by atoms with Gasteiger partial charge in [0.15, 0.2) is 11.6 Å². The maximum atomic E-state index is 13.3. The molecule has 1 aliphatic rings. The van der Waals surface area contributed by atoms with Gasteiger partial charge in [0.2, 0.25) is 0 Å². The third-order valence-electron chi connectivity index (χ3n) is 3.11. The van der Waals surface area contributed by atoms with Crippen LogP contribution in [0.15, 0.2) is 24.3 Å². The molecule has 0 spiro atoms. The largest absolute Gasteiger partial charge is 0.489 e. The summed E-state index contributed by atoms with van der Waals surface area (Å²) in [7, 11) is 0. The van der Waals surface area contributed by atoms with Crippen molar-refractivity contribution in [2.24, 2.45) is 0 Å². The molecule has 1 atom stereocenters. The number of rotatable bonds is 4. The Kier molecular flexibility index (Phi) is 4.34. The molecular weight excluding hydrogens is 219 g/mol. The van der Waals surface area contributed by atoms with Crippen LogP contribution in [0.5, 0.6) is 5.75 Å². The minimum atomic E-state index is -0.291. The van der Waals surface area contributed by atoms with E-state index >= 15 is 0 Å². The minimum Gasteiger partial charge on any atom is -0.489 e. The molecule has 1 aliphatic heterocycles. The van der Waals surface area contributed by atoms with Crippen LogP contribution >= 0.6 is 0 Å². The highest BCUT2D eigenvalue weighted by atomic mass is 19.1. The SMILES string of the molecule is C[C@H]1CNCCN1CCOc1ccccc1F. The maximum absolute atomic E-state index is 13.3. The smallest absolute Gasteiger partial charge is 0.165 e. The van der Waals surface area contributed by atoms with Gasteiger partial charge in [0.25, 0.3) is 0 Å². The van der Waals surface area contributed by atoms with Crippen molar-refractivity contribution in [2.75, 3.05) is 32.8 Å². The lowest BCUT2D eigenvalue weighted by molar-refractivity contribution is 0.142. The van der Waals surface area contributed by atoms with Crippen molar-refractivity contribution in [3.63, 3.8) is 0 Å². The average Bonchev–Trinajstić information content (AvgIpc) is 2.34. The fraction of sp³-hybridized carbons (Fsp3) is 0.538. The Morgan fingerprint density at radius 1 is 1.47 bits per heavy atom. The van der Waals surface area contributed by atoms with Crippen LogP contribution < -0.4 is 10.1 Å². The van der Waals surface area contributed by atoms with Gasteiger partial charge < -0.3 is 10.1 Å². The molecule has 3 nitrogen and oxygen atoms in total. The second-order valence-electron chi connectivity index (χ2n) is 4.37. The van der Waals surface area contributed by atoms with E-state index in [1.165, 1.54) is 6.07 Å². The predicted molar refractivity (Wildman–Crippen MR) is 65.8 cm³/mol. The second kappa shape index (κ2) is 5.98. The van der Waals surface area contributed by atoms with Crippen LogP contribution in [0.1, 0.15) is 6.92 Å². The number of para-hydroxylation sites is 1. The first kappa shape index (κ1) is 12.3. The molecule has 0 saturated carbocycles. The molecule has 1 fully saturated rings. The zero-order valence-corrected chi connectivity index (χ0v) is 10.2.